The molecule has 0 radical (unpaired) electrons. The Balaban J connectivity index is 1.95. The third-order valence-electron chi connectivity index (χ3n) is 3.75. The number of rotatable bonds is 9. The van der Waals surface area contributed by atoms with E-state index in [1.165, 1.54) is 30.8 Å². The Kier molecular flexibility index (Phi) is 8.38. The van der Waals surface area contributed by atoms with Gasteiger partial charge >= 0.3 is 0 Å². The molecule has 0 saturated carbocycles. The molecule has 114 valence electrons. The van der Waals surface area contributed by atoms with Crippen LogP contribution in [0.1, 0.15) is 58.8 Å². The number of hydrogen-bond acceptors (Lipinski definition) is 4. The lowest BCUT2D eigenvalue weighted by atomic mass is 10.1. The Morgan fingerprint density at radius 2 is 1.89 bits per heavy atom. The Bertz CT molecular complexity index is 234. The van der Waals surface area contributed by atoms with Crippen LogP contribution in [0.4, 0.5) is 0 Å². The van der Waals surface area contributed by atoms with Gasteiger partial charge in [-0.15, -0.1) is 0 Å². The van der Waals surface area contributed by atoms with Crippen molar-refractivity contribution in [2.45, 2.75) is 64.7 Å². The lowest BCUT2D eigenvalue weighted by molar-refractivity contribution is -0.278. The Morgan fingerprint density at radius 3 is 2.58 bits per heavy atom. The zero-order valence-electron chi connectivity index (χ0n) is 12.6. The van der Waals surface area contributed by atoms with Gasteiger partial charge in [-0.25, -0.2) is 0 Å². The molecule has 1 heterocycles. The van der Waals surface area contributed by atoms with Crippen molar-refractivity contribution >= 4 is 11.8 Å². The van der Waals surface area contributed by atoms with Crippen molar-refractivity contribution < 1.29 is 10.2 Å². The van der Waals surface area contributed by atoms with Crippen LogP contribution in [0.25, 0.3) is 0 Å². The van der Waals surface area contributed by atoms with Crippen molar-refractivity contribution in [1.82, 2.24) is 4.90 Å². The fraction of sp³-hybridized carbons (Fsp3) is 1.00. The fourth-order valence-corrected chi connectivity index (χ4v) is 3.65. The summed E-state index contributed by atoms with van der Waals surface area (Å²) in [7, 11) is 0. The summed E-state index contributed by atoms with van der Waals surface area (Å²) in [6, 6.07) is 0. The summed E-state index contributed by atoms with van der Waals surface area (Å²) in [5.74, 6) is 1.80. The minimum absolute atomic E-state index is 0.498. The van der Waals surface area contributed by atoms with Gasteiger partial charge < -0.3 is 10.2 Å². The third kappa shape index (κ3) is 7.54. The number of unbranched alkanes of at least 4 members (excludes halogenated alkanes) is 2. The maximum absolute atomic E-state index is 9.84. The van der Waals surface area contributed by atoms with E-state index in [1.54, 1.807) is 0 Å². The van der Waals surface area contributed by atoms with Gasteiger partial charge in [-0.05, 0) is 49.5 Å². The molecule has 2 N–H and O–H groups in total. The highest BCUT2D eigenvalue weighted by molar-refractivity contribution is 7.99. The minimum Gasteiger partial charge on any atom is -0.353 e. The summed E-state index contributed by atoms with van der Waals surface area (Å²) in [5, 5.41) is 19.7. The molecule has 0 aliphatic carbocycles. The van der Waals surface area contributed by atoms with Crippen molar-refractivity contribution in [3.8, 4) is 0 Å². The molecule has 1 aliphatic rings. The minimum atomic E-state index is -1.54. The van der Waals surface area contributed by atoms with Gasteiger partial charge in [-0.3, -0.25) is 4.90 Å². The Labute approximate surface area is 122 Å². The van der Waals surface area contributed by atoms with E-state index in [9.17, 15) is 10.2 Å². The van der Waals surface area contributed by atoms with E-state index in [0.29, 0.717) is 6.42 Å². The molecule has 0 amide bonds. The second-order valence-electron chi connectivity index (χ2n) is 6.07. The van der Waals surface area contributed by atoms with Crippen LogP contribution in [0.2, 0.25) is 0 Å². The van der Waals surface area contributed by atoms with Crippen LogP contribution in [0.15, 0.2) is 0 Å². The van der Waals surface area contributed by atoms with E-state index in [-0.39, 0.29) is 0 Å². The van der Waals surface area contributed by atoms with Gasteiger partial charge in [-0.1, -0.05) is 20.3 Å². The smallest absolute Gasteiger partial charge is 0.224 e. The molecule has 19 heavy (non-hydrogen) atoms. The predicted octanol–water partition coefficient (Wildman–Crippen LogP) is 3.06. The van der Waals surface area contributed by atoms with Crippen molar-refractivity contribution in [1.29, 1.82) is 0 Å². The summed E-state index contributed by atoms with van der Waals surface area (Å²) in [4.78, 5) is 1.84. The first kappa shape index (κ1) is 17.3. The molecule has 1 rings (SSSR count). The topological polar surface area (TPSA) is 43.7 Å². The lowest BCUT2D eigenvalue weighted by Crippen LogP contribution is -2.52. The first-order valence-electron chi connectivity index (χ1n) is 7.80. The van der Waals surface area contributed by atoms with Crippen LogP contribution in [0.5, 0.6) is 0 Å². The van der Waals surface area contributed by atoms with E-state index in [1.807, 2.05) is 4.90 Å². The zero-order valence-corrected chi connectivity index (χ0v) is 13.4. The lowest BCUT2D eigenvalue weighted by Gasteiger charge is -2.38. The number of thioether (sulfide) groups is 1. The van der Waals surface area contributed by atoms with Gasteiger partial charge in [0, 0.05) is 19.5 Å². The highest BCUT2D eigenvalue weighted by Crippen LogP contribution is 2.23. The van der Waals surface area contributed by atoms with Gasteiger partial charge in [0.1, 0.15) is 0 Å². The van der Waals surface area contributed by atoms with Crippen LogP contribution in [0, 0.1) is 5.92 Å². The molecule has 4 heteroatoms. The number of nitrogens with zero attached hydrogens (tertiary/aromatic N) is 1. The molecule has 0 bridgehead atoms. The first-order chi connectivity index (χ1) is 9.02. The summed E-state index contributed by atoms with van der Waals surface area (Å²) >= 11 is 2.06. The van der Waals surface area contributed by atoms with Crippen molar-refractivity contribution in [2.24, 2.45) is 5.92 Å². The largest absolute Gasteiger partial charge is 0.353 e. The van der Waals surface area contributed by atoms with Crippen LogP contribution in [0.3, 0.4) is 0 Å². The molecule has 3 nitrogen and oxygen atoms in total. The number of piperidine rings is 1. The zero-order chi connectivity index (χ0) is 14.1. The van der Waals surface area contributed by atoms with E-state index < -0.39 is 5.91 Å². The van der Waals surface area contributed by atoms with Crippen LogP contribution >= 0.6 is 11.8 Å². The number of hydrogen-bond donors (Lipinski definition) is 2. The summed E-state index contributed by atoms with van der Waals surface area (Å²) in [5.41, 5.74) is 0. The maximum atomic E-state index is 9.84. The Hall–Kier alpha value is 0.230. The SMILES string of the molecule is CC(C)CCSCCCCCN1CCCCC1(O)O. The second-order valence-corrected chi connectivity index (χ2v) is 7.30. The molecule has 1 aliphatic heterocycles. The highest BCUT2D eigenvalue weighted by Gasteiger charge is 2.33. The van der Waals surface area contributed by atoms with Crippen LogP contribution in [-0.4, -0.2) is 45.6 Å². The summed E-state index contributed by atoms with van der Waals surface area (Å²) in [6.45, 7) is 6.20. The molecule has 0 atom stereocenters. The average molecular weight is 289 g/mol. The summed E-state index contributed by atoms with van der Waals surface area (Å²) in [6.07, 6.45) is 7.35. The highest BCUT2D eigenvalue weighted by atomic mass is 32.2. The van der Waals surface area contributed by atoms with Gasteiger partial charge in [0.15, 0.2) is 0 Å². The van der Waals surface area contributed by atoms with E-state index >= 15 is 0 Å². The van der Waals surface area contributed by atoms with E-state index in [0.717, 1.165) is 38.3 Å². The second kappa shape index (κ2) is 9.22. The van der Waals surface area contributed by atoms with Gasteiger partial charge in [0.05, 0.1) is 0 Å². The van der Waals surface area contributed by atoms with Crippen LogP contribution < -0.4 is 0 Å². The van der Waals surface area contributed by atoms with Gasteiger partial charge in [0.25, 0.3) is 0 Å². The van der Waals surface area contributed by atoms with Gasteiger partial charge in [0.2, 0.25) is 5.91 Å². The van der Waals surface area contributed by atoms with E-state index in [4.69, 9.17) is 0 Å². The van der Waals surface area contributed by atoms with Gasteiger partial charge in [-0.2, -0.15) is 11.8 Å². The summed E-state index contributed by atoms with van der Waals surface area (Å²) < 4.78 is 0. The standard InChI is InChI=1S/C15H31NO2S/c1-14(2)8-13-19-12-7-3-5-10-16-11-6-4-9-15(16,17)18/h14,17-18H,3-13H2,1-2H3. The Morgan fingerprint density at radius 1 is 1.11 bits per heavy atom. The molecule has 1 saturated heterocycles. The molecular formula is C15H31NO2S. The molecule has 0 spiro atoms. The predicted molar refractivity (Wildman–Crippen MR) is 83.2 cm³/mol. The van der Waals surface area contributed by atoms with Crippen molar-refractivity contribution in [3.05, 3.63) is 0 Å². The van der Waals surface area contributed by atoms with Crippen molar-refractivity contribution in [3.63, 3.8) is 0 Å². The molecule has 0 aromatic heterocycles. The van der Waals surface area contributed by atoms with Crippen LogP contribution in [-0.2, 0) is 0 Å². The molecular weight excluding hydrogens is 258 g/mol. The third-order valence-corrected chi connectivity index (χ3v) is 4.85. The maximum Gasteiger partial charge on any atom is 0.224 e. The first-order valence-corrected chi connectivity index (χ1v) is 8.95. The molecule has 0 aromatic rings. The molecule has 1 fully saturated rings. The fourth-order valence-electron chi connectivity index (χ4n) is 2.40. The van der Waals surface area contributed by atoms with E-state index in [2.05, 4.69) is 25.6 Å². The quantitative estimate of drug-likeness (QED) is 0.506. The monoisotopic (exact) mass is 289 g/mol. The van der Waals surface area contributed by atoms with Crippen molar-refractivity contribution in [2.75, 3.05) is 24.6 Å². The normalized spacial score (nSPS) is 20.1. The number of aliphatic hydroxyl groups is 2. The average Bonchev–Trinajstić information content (AvgIpc) is 2.33. The molecule has 0 aromatic carbocycles. The molecule has 0 unspecified atom stereocenters. The number of likely N-dealkylation sites (tertiary alicyclic amines) is 1.